The van der Waals surface area contributed by atoms with Crippen molar-refractivity contribution in [2.45, 2.75) is 31.8 Å². The smallest absolute Gasteiger partial charge is 0.123 e. The molecule has 1 aromatic rings. The first kappa shape index (κ1) is 11.6. The topological polar surface area (TPSA) is 36.3 Å². The van der Waals surface area contributed by atoms with Crippen molar-refractivity contribution in [2.75, 3.05) is 13.2 Å². The molecule has 0 saturated heterocycles. The standard InChI is InChI=1S/C15H18N2O/c16-10-12-5-3-6-14(12)17-8-9-18-15-7-2-1-4-13(15)11-17/h1-2,4,7,12,14H,3,5-6,8-9,11H2. The fraction of sp³-hybridized carbons (Fsp3) is 0.533. The SMILES string of the molecule is N#CC1CCCC1N1CCOc2ccccc2C1. The van der Waals surface area contributed by atoms with Crippen molar-refractivity contribution < 1.29 is 4.74 Å². The molecule has 0 N–H and O–H groups in total. The van der Waals surface area contributed by atoms with Crippen LogP contribution in [-0.2, 0) is 6.54 Å². The van der Waals surface area contributed by atoms with Crippen molar-refractivity contribution in [3.8, 4) is 11.8 Å². The van der Waals surface area contributed by atoms with Crippen LogP contribution in [0.4, 0.5) is 0 Å². The van der Waals surface area contributed by atoms with Crippen LogP contribution < -0.4 is 4.74 Å². The van der Waals surface area contributed by atoms with Crippen molar-refractivity contribution in [3.05, 3.63) is 29.8 Å². The minimum atomic E-state index is 0.204. The molecule has 2 atom stereocenters. The van der Waals surface area contributed by atoms with Gasteiger partial charge in [-0.15, -0.1) is 0 Å². The van der Waals surface area contributed by atoms with E-state index in [4.69, 9.17) is 4.74 Å². The summed E-state index contributed by atoms with van der Waals surface area (Å²) in [4.78, 5) is 2.44. The van der Waals surface area contributed by atoms with E-state index in [1.165, 1.54) is 12.0 Å². The average Bonchev–Trinajstić information content (AvgIpc) is 2.77. The van der Waals surface area contributed by atoms with E-state index >= 15 is 0 Å². The Bertz CT molecular complexity index is 466. The number of nitrogens with zero attached hydrogens (tertiary/aromatic N) is 2. The predicted molar refractivity (Wildman–Crippen MR) is 69.1 cm³/mol. The zero-order valence-corrected chi connectivity index (χ0v) is 10.5. The van der Waals surface area contributed by atoms with Crippen molar-refractivity contribution in [3.63, 3.8) is 0 Å². The summed E-state index contributed by atoms with van der Waals surface area (Å²) in [5.74, 6) is 1.21. The maximum Gasteiger partial charge on any atom is 0.123 e. The summed E-state index contributed by atoms with van der Waals surface area (Å²) in [5.41, 5.74) is 1.25. The number of hydrogen-bond donors (Lipinski definition) is 0. The van der Waals surface area contributed by atoms with Crippen molar-refractivity contribution in [1.29, 1.82) is 5.26 Å². The van der Waals surface area contributed by atoms with E-state index in [9.17, 15) is 5.26 Å². The molecule has 0 radical (unpaired) electrons. The predicted octanol–water partition coefficient (Wildman–Crippen LogP) is 2.57. The Kier molecular flexibility index (Phi) is 3.21. The van der Waals surface area contributed by atoms with E-state index in [1.54, 1.807) is 0 Å². The molecule has 1 aliphatic carbocycles. The second kappa shape index (κ2) is 4.99. The maximum atomic E-state index is 9.22. The van der Waals surface area contributed by atoms with Crippen LogP contribution in [0.25, 0.3) is 0 Å². The molecule has 1 aliphatic heterocycles. The molecule has 3 rings (SSSR count). The lowest BCUT2D eigenvalue weighted by Crippen LogP contribution is -2.38. The first-order valence-electron chi connectivity index (χ1n) is 6.73. The van der Waals surface area contributed by atoms with E-state index in [2.05, 4.69) is 23.1 Å². The largest absolute Gasteiger partial charge is 0.492 e. The summed E-state index contributed by atoms with van der Waals surface area (Å²) in [7, 11) is 0. The molecule has 2 unspecified atom stereocenters. The molecular formula is C15H18N2O. The van der Waals surface area contributed by atoms with Gasteiger partial charge in [-0.2, -0.15) is 5.26 Å². The summed E-state index contributed by atoms with van der Waals surface area (Å²) in [6.45, 7) is 2.57. The Morgan fingerprint density at radius 2 is 2.17 bits per heavy atom. The van der Waals surface area contributed by atoms with Gasteiger partial charge in [0.05, 0.1) is 12.0 Å². The van der Waals surface area contributed by atoms with Crippen molar-refractivity contribution in [2.24, 2.45) is 5.92 Å². The van der Waals surface area contributed by atoms with Crippen LogP contribution in [-0.4, -0.2) is 24.1 Å². The third-order valence-corrected chi connectivity index (χ3v) is 4.10. The van der Waals surface area contributed by atoms with Gasteiger partial charge in [-0.1, -0.05) is 24.6 Å². The van der Waals surface area contributed by atoms with Crippen LogP contribution in [0, 0.1) is 17.2 Å². The number of nitriles is 1. The van der Waals surface area contributed by atoms with Gasteiger partial charge in [0, 0.05) is 24.7 Å². The highest BCUT2D eigenvalue weighted by Gasteiger charge is 2.33. The molecule has 1 saturated carbocycles. The summed E-state index contributed by atoms with van der Waals surface area (Å²) in [6.07, 6.45) is 3.39. The minimum absolute atomic E-state index is 0.204. The molecule has 0 amide bonds. The number of fused-ring (bicyclic) bond motifs is 1. The van der Waals surface area contributed by atoms with Crippen molar-refractivity contribution >= 4 is 0 Å². The lowest BCUT2D eigenvalue weighted by molar-refractivity contribution is 0.154. The fourth-order valence-electron chi connectivity index (χ4n) is 3.16. The Hall–Kier alpha value is -1.53. The quantitative estimate of drug-likeness (QED) is 0.759. The van der Waals surface area contributed by atoms with Gasteiger partial charge in [-0.25, -0.2) is 0 Å². The number of benzene rings is 1. The van der Waals surface area contributed by atoms with Crippen LogP contribution in [0.15, 0.2) is 24.3 Å². The highest BCUT2D eigenvalue weighted by Crippen LogP contribution is 2.32. The number of para-hydroxylation sites is 1. The molecule has 2 aliphatic rings. The molecule has 1 heterocycles. The van der Waals surface area contributed by atoms with Gasteiger partial charge in [-0.05, 0) is 18.9 Å². The molecule has 0 spiro atoms. The third kappa shape index (κ3) is 2.09. The number of rotatable bonds is 1. The Balaban J connectivity index is 1.81. The normalized spacial score (nSPS) is 27.9. The lowest BCUT2D eigenvalue weighted by Gasteiger charge is -2.28. The first-order valence-corrected chi connectivity index (χ1v) is 6.73. The number of hydrogen-bond acceptors (Lipinski definition) is 3. The Labute approximate surface area is 108 Å². The number of ether oxygens (including phenoxy) is 1. The maximum absolute atomic E-state index is 9.22. The monoisotopic (exact) mass is 242 g/mol. The third-order valence-electron chi connectivity index (χ3n) is 4.10. The molecule has 3 nitrogen and oxygen atoms in total. The highest BCUT2D eigenvalue weighted by atomic mass is 16.5. The van der Waals surface area contributed by atoms with E-state index in [0.29, 0.717) is 6.04 Å². The molecule has 3 heteroatoms. The van der Waals surface area contributed by atoms with E-state index in [1.807, 2.05) is 12.1 Å². The van der Waals surface area contributed by atoms with Gasteiger partial charge in [0.15, 0.2) is 0 Å². The first-order chi connectivity index (χ1) is 8.88. The second-order valence-electron chi connectivity index (χ2n) is 5.16. The second-order valence-corrected chi connectivity index (χ2v) is 5.16. The fourth-order valence-corrected chi connectivity index (χ4v) is 3.16. The van der Waals surface area contributed by atoms with E-state index < -0.39 is 0 Å². The molecule has 18 heavy (non-hydrogen) atoms. The van der Waals surface area contributed by atoms with E-state index in [-0.39, 0.29) is 5.92 Å². The van der Waals surface area contributed by atoms with Gasteiger partial charge in [0.25, 0.3) is 0 Å². The van der Waals surface area contributed by atoms with Crippen LogP contribution in [0.3, 0.4) is 0 Å². The average molecular weight is 242 g/mol. The summed E-state index contributed by atoms with van der Waals surface area (Å²) >= 11 is 0. The van der Waals surface area contributed by atoms with Gasteiger partial charge in [0.2, 0.25) is 0 Å². The van der Waals surface area contributed by atoms with Gasteiger partial charge >= 0.3 is 0 Å². The lowest BCUT2D eigenvalue weighted by atomic mass is 10.0. The highest BCUT2D eigenvalue weighted by molar-refractivity contribution is 5.33. The molecule has 94 valence electrons. The summed E-state index contributed by atoms with van der Waals surface area (Å²) < 4.78 is 5.78. The van der Waals surface area contributed by atoms with Gasteiger partial charge < -0.3 is 4.74 Å². The molecule has 1 fully saturated rings. The molecular weight excluding hydrogens is 224 g/mol. The van der Waals surface area contributed by atoms with Crippen LogP contribution in [0.2, 0.25) is 0 Å². The zero-order chi connectivity index (χ0) is 12.4. The van der Waals surface area contributed by atoms with E-state index in [0.717, 1.165) is 38.3 Å². The molecule has 1 aromatic carbocycles. The van der Waals surface area contributed by atoms with Gasteiger partial charge in [0.1, 0.15) is 12.4 Å². The van der Waals surface area contributed by atoms with Gasteiger partial charge in [-0.3, -0.25) is 4.90 Å². The van der Waals surface area contributed by atoms with Crippen LogP contribution in [0.5, 0.6) is 5.75 Å². The zero-order valence-electron chi connectivity index (χ0n) is 10.5. The Morgan fingerprint density at radius 1 is 1.28 bits per heavy atom. The van der Waals surface area contributed by atoms with Crippen molar-refractivity contribution in [1.82, 2.24) is 4.90 Å². The minimum Gasteiger partial charge on any atom is -0.492 e. The van der Waals surface area contributed by atoms with Crippen LogP contribution in [0.1, 0.15) is 24.8 Å². The Morgan fingerprint density at radius 3 is 3.06 bits per heavy atom. The summed E-state index contributed by atoms with van der Waals surface area (Å²) in [5, 5.41) is 9.22. The molecule has 0 bridgehead atoms. The summed E-state index contributed by atoms with van der Waals surface area (Å²) in [6, 6.07) is 11.1. The van der Waals surface area contributed by atoms with Crippen LogP contribution >= 0.6 is 0 Å². The molecule has 0 aromatic heterocycles.